The van der Waals surface area contributed by atoms with E-state index in [2.05, 4.69) is 12.2 Å². The number of nitrogens with one attached hydrogen (secondary N) is 1. The first-order chi connectivity index (χ1) is 11.1. The molecular formula is C17H25N3O3. The van der Waals surface area contributed by atoms with Crippen LogP contribution in [-0.2, 0) is 4.79 Å². The van der Waals surface area contributed by atoms with Crippen LogP contribution in [0.1, 0.15) is 36.5 Å². The molecule has 1 heterocycles. The Labute approximate surface area is 137 Å². The summed E-state index contributed by atoms with van der Waals surface area (Å²) in [5, 5.41) is 3.30. The Morgan fingerprint density at radius 2 is 2.26 bits per heavy atom. The van der Waals surface area contributed by atoms with E-state index in [4.69, 9.17) is 10.5 Å². The standard InChI is InChI=1S/C17H25N3O3/c1-2-9-20(14-6-8-19-12-14)16(21)7-10-23-15-5-3-4-13(11-15)17(18)22/h3-5,11,14,19H,2,6-10,12H2,1H3,(H2,18,22). The first-order valence-corrected chi connectivity index (χ1v) is 8.14. The zero-order valence-corrected chi connectivity index (χ0v) is 13.6. The second-order valence-corrected chi connectivity index (χ2v) is 5.72. The number of hydrogen-bond donors (Lipinski definition) is 2. The van der Waals surface area contributed by atoms with Gasteiger partial charge in [-0.3, -0.25) is 9.59 Å². The fraction of sp³-hybridized carbons (Fsp3) is 0.529. The van der Waals surface area contributed by atoms with Gasteiger partial charge < -0.3 is 20.7 Å². The predicted octanol–water partition coefficient (Wildman–Crippen LogP) is 1.15. The normalized spacial score (nSPS) is 17.0. The molecule has 1 atom stereocenters. The Morgan fingerprint density at radius 1 is 1.43 bits per heavy atom. The number of rotatable bonds is 8. The van der Waals surface area contributed by atoms with Gasteiger partial charge in [-0.1, -0.05) is 13.0 Å². The number of carbonyl (C=O) groups excluding carboxylic acids is 2. The summed E-state index contributed by atoms with van der Waals surface area (Å²) in [4.78, 5) is 25.5. The minimum absolute atomic E-state index is 0.117. The van der Waals surface area contributed by atoms with Gasteiger partial charge in [0, 0.05) is 24.7 Å². The van der Waals surface area contributed by atoms with Crippen LogP contribution in [0.4, 0.5) is 0 Å². The van der Waals surface area contributed by atoms with Crippen LogP contribution in [0.15, 0.2) is 24.3 Å². The van der Waals surface area contributed by atoms with Crippen molar-refractivity contribution in [3.8, 4) is 5.75 Å². The molecule has 1 aliphatic heterocycles. The number of benzene rings is 1. The largest absolute Gasteiger partial charge is 0.493 e. The van der Waals surface area contributed by atoms with Crippen molar-refractivity contribution < 1.29 is 14.3 Å². The molecular weight excluding hydrogens is 294 g/mol. The van der Waals surface area contributed by atoms with E-state index >= 15 is 0 Å². The van der Waals surface area contributed by atoms with Crippen LogP contribution in [0.3, 0.4) is 0 Å². The lowest BCUT2D eigenvalue weighted by atomic mass is 10.2. The van der Waals surface area contributed by atoms with E-state index in [9.17, 15) is 9.59 Å². The molecule has 6 heteroatoms. The Hall–Kier alpha value is -2.08. The van der Waals surface area contributed by atoms with Gasteiger partial charge in [0.1, 0.15) is 5.75 Å². The van der Waals surface area contributed by atoms with Gasteiger partial charge in [0.15, 0.2) is 0 Å². The Bertz CT molecular complexity index is 542. The maximum atomic E-state index is 12.4. The van der Waals surface area contributed by atoms with Crippen molar-refractivity contribution in [1.29, 1.82) is 0 Å². The topological polar surface area (TPSA) is 84.7 Å². The van der Waals surface area contributed by atoms with Crippen LogP contribution in [0, 0.1) is 0 Å². The highest BCUT2D eigenvalue weighted by Crippen LogP contribution is 2.14. The SMILES string of the molecule is CCCN(C(=O)CCOc1cccc(C(N)=O)c1)C1CCNC1. The quantitative estimate of drug-likeness (QED) is 0.753. The van der Waals surface area contributed by atoms with Gasteiger partial charge in [0.05, 0.1) is 13.0 Å². The van der Waals surface area contributed by atoms with Crippen molar-refractivity contribution in [2.75, 3.05) is 26.2 Å². The third-order valence-electron chi connectivity index (χ3n) is 3.96. The first kappa shape index (κ1) is 17.3. The molecule has 3 N–H and O–H groups in total. The molecule has 0 aliphatic carbocycles. The van der Waals surface area contributed by atoms with E-state index < -0.39 is 5.91 Å². The Morgan fingerprint density at radius 3 is 2.91 bits per heavy atom. The molecule has 1 aromatic rings. The molecule has 1 aliphatic rings. The number of nitrogens with zero attached hydrogens (tertiary/aromatic N) is 1. The summed E-state index contributed by atoms with van der Waals surface area (Å²) in [5.74, 6) is 0.180. The van der Waals surface area contributed by atoms with Crippen molar-refractivity contribution in [2.24, 2.45) is 5.73 Å². The van der Waals surface area contributed by atoms with Crippen molar-refractivity contribution >= 4 is 11.8 Å². The van der Waals surface area contributed by atoms with Crippen molar-refractivity contribution in [1.82, 2.24) is 10.2 Å². The molecule has 126 valence electrons. The maximum Gasteiger partial charge on any atom is 0.248 e. The zero-order valence-electron chi connectivity index (χ0n) is 13.6. The smallest absolute Gasteiger partial charge is 0.248 e. The summed E-state index contributed by atoms with van der Waals surface area (Å²) < 4.78 is 5.59. The van der Waals surface area contributed by atoms with Crippen LogP contribution in [0.2, 0.25) is 0 Å². The van der Waals surface area contributed by atoms with Crippen LogP contribution >= 0.6 is 0 Å². The van der Waals surface area contributed by atoms with Gasteiger partial charge in [-0.2, -0.15) is 0 Å². The third kappa shape index (κ3) is 4.96. The van der Waals surface area contributed by atoms with Gasteiger partial charge in [-0.05, 0) is 37.6 Å². The van der Waals surface area contributed by atoms with Crippen LogP contribution < -0.4 is 15.8 Å². The number of amides is 2. The van der Waals surface area contributed by atoms with E-state index in [1.54, 1.807) is 24.3 Å². The summed E-state index contributed by atoms with van der Waals surface area (Å²) in [6, 6.07) is 6.99. The molecule has 6 nitrogen and oxygen atoms in total. The lowest BCUT2D eigenvalue weighted by Gasteiger charge is -2.28. The van der Waals surface area contributed by atoms with Crippen LogP contribution in [0.5, 0.6) is 5.75 Å². The molecule has 0 aromatic heterocycles. The predicted molar refractivity (Wildman–Crippen MR) is 88.4 cm³/mol. The average Bonchev–Trinajstić information content (AvgIpc) is 3.06. The number of carbonyl (C=O) groups is 2. The Balaban J connectivity index is 1.85. The molecule has 1 saturated heterocycles. The fourth-order valence-electron chi connectivity index (χ4n) is 2.80. The number of primary amides is 1. The summed E-state index contributed by atoms with van der Waals surface area (Å²) in [6.07, 6.45) is 2.29. The van der Waals surface area contributed by atoms with E-state index in [-0.39, 0.29) is 5.91 Å². The minimum Gasteiger partial charge on any atom is -0.493 e. The van der Waals surface area contributed by atoms with E-state index in [0.29, 0.717) is 30.4 Å². The fourth-order valence-corrected chi connectivity index (χ4v) is 2.80. The van der Waals surface area contributed by atoms with Crippen molar-refractivity contribution in [2.45, 2.75) is 32.2 Å². The summed E-state index contributed by atoms with van der Waals surface area (Å²) in [7, 11) is 0. The molecule has 23 heavy (non-hydrogen) atoms. The summed E-state index contributed by atoms with van der Waals surface area (Å²) in [5.41, 5.74) is 5.64. The van der Waals surface area contributed by atoms with Crippen molar-refractivity contribution in [3.05, 3.63) is 29.8 Å². The molecule has 1 unspecified atom stereocenters. The second kappa shape index (κ2) is 8.53. The summed E-state index contributed by atoms with van der Waals surface area (Å²) >= 11 is 0. The van der Waals surface area contributed by atoms with Gasteiger partial charge >= 0.3 is 0 Å². The molecule has 1 aromatic carbocycles. The molecule has 0 saturated carbocycles. The van der Waals surface area contributed by atoms with Gasteiger partial charge in [-0.25, -0.2) is 0 Å². The van der Waals surface area contributed by atoms with E-state index in [0.717, 1.165) is 32.5 Å². The van der Waals surface area contributed by atoms with E-state index in [1.807, 2.05) is 4.90 Å². The lowest BCUT2D eigenvalue weighted by molar-refractivity contribution is -0.133. The number of hydrogen-bond acceptors (Lipinski definition) is 4. The van der Waals surface area contributed by atoms with Gasteiger partial charge in [0.25, 0.3) is 0 Å². The number of ether oxygens (including phenoxy) is 1. The minimum atomic E-state index is -0.491. The van der Waals surface area contributed by atoms with Gasteiger partial charge in [-0.15, -0.1) is 0 Å². The molecule has 0 bridgehead atoms. The second-order valence-electron chi connectivity index (χ2n) is 5.72. The number of nitrogens with two attached hydrogens (primary N) is 1. The molecule has 2 amide bonds. The van der Waals surface area contributed by atoms with E-state index in [1.165, 1.54) is 0 Å². The van der Waals surface area contributed by atoms with Crippen molar-refractivity contribution in [3.63, 3.8) is 0 Å². The third-order valence-corrected chi connectivity index (χ3v) is 3.96. The molecule has 0 radical (unpaired) electrons. The highest BCUT2D eigenvalue weighted by Gasteiger charge is 2.25. The van der Waals surface area contributed by atoms with Gasteiger partial charge in [0.2, 0.25) is 11.8 Å². The zero-order chi connectivity index (χ0) is 16.7. The monoisotopic (exact) mass is 319 g/mol. The molecule has 0 spiro atoms. The highest BCUT2D eigenvalue weighted by atomic mass is 16.5. The van der Waals surface area contributed by atoms with Crippen LogP contribution in [-0.4, -0.2) is 49.0 Å². The first-order valence-electron chi connectivity index (χ1n) is 8.14. The average molecular weight is 319 g/mol. The summed E-state index contributed by atoms with van der Waals surface area (Å²) in [6.45, 7) is 4.99. The maximum absolute atomic E-state index is 12.4. The molecule has 2 rings (SSSR count). The Kier molecular flexibility index (Phi) is 6.40. The molecule has 1 fully saturated rings. The lowest BCUT2D eigenvalue weighted by Crippen LogP contribution is -2.42. The van der Waals surface area contributed by atoms with Crippen LogP contribution in [0.25, 0.3) is 0 Å². The highest BCUT2D eigenvalue weighted by molar-refractivity contribution is 5.93.